The lowest BCUT2D eigenvalue weighted by Gasteiger charge is -2.42. The fraction of sp³-hybridized carbons (Fsp3) is 0.421. The first kappa shape index (κ1) is 15.9. The molecule has 25 heavy (non-hydrogen) atoms. The Kier molecular flexibility index (Phi) is 3.82. The van der Waals surface area contributed by atoms with Crippen molar-refractivity contribution < 1.29 is 14.8 Å². The molecule has 130 valence electrons. The van der Waals surface area contributed by atoms with Crippen molar-refractivity contribution in [2.45, 2.75) is 37.6 Å². The highest BCUT2D eigenvalue weighted by atomic mass is 16.6. The van der Waals surface area contributed by atoms with E-state index in [4.69, 9.17) is 0 Å². The number of carbonyl (C=O) groups is 1. The molecule has 1 heterocycles. The molecular formula is C19H20N2O4. The quantitative estimate of drug-likeness (QED) is 0.491. The SMILES string of the molecule is O=C(O)c1ccc([N+](=O)[O-])c2c1NC(C1CC=CCC1)C1CC=CC21. The van der Waals surface area contributed by atoms with Crippen LogP contribution < -0.4 is 5.32 Å². The molecule has 0 spiro atoms. The molecule has 0 aromatic heterocycles. The summed E-state index contributed by atoms with van der Waals surface area (Å²) in [5.74, 6) is -0.480. The minimum Gasteiger partial charge on any atom is -0.478 e. The van der Waals surface area contributed by atoms with Gasteiger partial charge in [-0.25, -0.2) is 4.79 Å². The molecular weight excluding hydrogens is 320 g/mol. The summed E-state index contributed by atoms with van der Waals surface area (Å²) in [6, 6.07) is 2.82. The van der Waals surface area contributed by atoms with Gasteiger partial charge in [-0.2, -0.15) is 0 Å². The first-order valence-corrected chi connectivity index (χ1v) is 8.70. The standard InChI is InChI=1S/C19H20N2O4/c22-19(23)14-9-10-15(21(24)25)16-12-7-4-8-13(12)17(20-18(14)16)11-5-2-1-3-6-11/h1-2,4,7,9-13,17,20H,3,5-6,8H2,(H,22,23). The minimum atomic E-state index is -1.05. The Hall–Kier alpha value is -2.63. The van der Waals surface area contributed by atoms with Crippen LogP contribution in [0.25, 0.3) is 0 Å². The molecule has 0 saturated heterocycles. The van der Waals surface area contributed by atoms with Crippen LogP contribution in [-0.2, 0) is 0 Å². The van der Waals surface area contributed by atoms with Crippen molar-refractivity contribution in [2.75, 3.05) is 5.32 Å². The molecule has 4 unspecified atom stereocenters. The number of anilines is 1. The Morgan fingerprint density at radius 2 is 2.08 bits per heavy atom. The normalized spacial score (nSPS) is 29.6. The highest BCUT2D eigenvalue weighted by molar-refractivity contribution is 5.97. The first-order valence-electron chi connectivity index (χ1n) is 8.70. The number of hydrogen-bond donors (Lipinski definition) is 2. The molecule has 1 aliphatic heterocycles. The van der Waals surface area contributed by atoms with Gasteiger partial charge in [0.2, 0.25) is 0 Å². The zero-order valence-electron chi connectivity index (χ0n) is 13.7. The first-order chi connectivity index (χ1) is 12.1. The Morgan fingerprint density at radius 1 is 1.24 bits per heavy atom. The Morgan fingerprint density at radius 3 is 2.76 bits per heavy atom. The van der Waals surface area contributed by atoms with Crippen LogP contribution >= 0.6 is 0 Å². The van der Waals surface area contributed by atoms with E-state index < -0.39 is 10.9 Å². The number of nitro groups is 1. The number of nitrogens with one attached hydrogen (secondary N) is 1. The van der Waals surface area contributed by atoms with Gasteiger partial charge in [-0.15, -0.1) is 0 Å². The van der Waals surface area contributed by atoms with Gasteiger partial charge in [-0.3, -0.25) is 10.1 Å². The minimum absolute atomic E-state index is 0.0102. The zero-order valence-corrected chi connectivity index (χ0v) is 13.7. The summed E-state index contributed by atoms with van der Waals surface area (Å²) in [4.78, 5) is 22.8. The molecule has 0 fully saturated rings. The highest BCUT2D eigenvalue weighted by Gasteiger charge is 2.44. The lowest BCUT2D eigenvalue weighted by atomic mass is 9.71. The number of rotatable bonds is 3. The van der Waals surface area contributed by atoms with Gasteiger partial charge in [-0.05, 0) is 43.6 Å². The Bertz CT molecular complexity index is 799. The fourth-order valence-corrected chi connectivity index (χ4v) is 4.68. The van der Waals surface area contributed by atoms with E-state index >= 15 is 0 Å². The van der Waals surface area contributed by atoms with Crippen molar-refractivity contribution in [3.8, 4) is 0 Å². The third kappa shape index (κ3) is 2.52. The van der Waals surface area contributed by atoms with Crippen LogP contribution in [0.15, 0.2) is 36.4 Å². The summed E-state index contributed by atoms with van der Waals surface area (Å²) < 4.78 is 0. The third-order valence-electron chi connectivity index (χ3n) is 5.79. The topological polar surface area (TPSA) is 92.5 Å². The van der Waals surface area contributed by atoms with E-state index in [0.717, 1.165) is 25.7 Å². The van der Waals surface area contributed by atoms with Gasteiger partial charge in [0, 0.05) is 18.0 Å². The number of hydrogen-bond acceptors (Lipinski definition) is 4. The van der Waals surface area contributed by atoms with Gasteiger partial charge < -0.3 is 10.4 Å². The number of carboxylic acid groups (broad SMARTS) is 1. The van der Waals surface area contributed by atoms with Crippen molar-refractivity contribution in [1.82, 2.24) is 0 Å². The van der Waals surface area contributed by atoms with E-state index in [9.17, 15) is 20.0 Å². The molecule has 0 radical (unpaired) electrons. The van der Waals surface area contributed by atoms with E-state index in [1.807, 2.05) is 6.08 Å². The lowest BCUT2D eigenvalue weighted by Crippen LogP contribution is -2.42. The molecule has 0 bridgehead atoms. The maximum absolute atomic E-state index is 11.7. The Labute approximate surface area is 145 Å². The molecule has 3 aliphatic rings. The Balaban J connectivity index is 1.85. The molecule has 4 rings (SSSR count). The number of benzene rings is 1. The summed E-state index contributed by atoms with van der Waals surface area (Å²) in [5, 5.41) is 24.5. The summed E-state index contributed by atoms with van der Waals surface area (Å²) in [6.45, 7) is 0. The van der Waals surface area contributed by atoms with E-state index in [1.165, 1.54) is 12.1 Å². The zero-order chi connectivity index (χ0) is 17.6. The molecule has 1 aromatic rings. The summed E-state index contributed by atoms with van der Waals surface area (Å²) in [7, 11) is 0. The molecule has 0 saturated carbocycles. The number of fused-ring (bicyclic) bond motifs is 3. The van der Waals surface area contributed by atoms with Gasteiger partial charge in [0.05, 0.1) is 21.7 Å². The molecule has 2 aliphatic carbocycles. The van der Waals surface area contributed by atoms with E-state index in [-0.39, 0.29) is 29.1 Å². The van der Waals surface area contributed by atoms with Crippen LogP contribution in [0.2, 0.25) is 0 Å². The molecule has 2 N–H and O–H groups in total. The van der Waals surface area contributed by atoms with Crippen molar-refractivity contribution >= 4 is 17.3 Å². The second-order valence-electron chi connectivity index (χ2n) is 7.05. The van der Waals surface area contributed by atoms with Gasteiger partial charge in [0.15, 0.2) is 0 Å². The van der Waals surface area contributed by atoms with Crippen LogP contribution in [-0.4, -0.2) is 22.0 Å². The van der Waals surface area contributed by atoms with Crippen molar-refractivity contribution in [3.05, 3.63) is 57.7 Å². The van der Waals surface area contributed by atoms with Gasteiger partial charge in [0.1, 0.15) is 0 Å². The van der Waals surface area contributed by atoms with Crippen molar-refractivity contribution in [1.29, 1.82) is 0 Å². The van der Waals surface area contributed by atoms with E-state index in [1.54, 1.807) is 0 Å². The van der Waals surface area contributed by atoms with Crippen LogP contribution in [0.3, 0.4) is 0 Å². The lowest BCUT2D eigenvalue weighted by molar-refractivity contribution is -0.385. The second kappa shape index (κ2) is 6.02. The average Bonchev–Trinajstić information content (AvgIpc) is 3.10. The maximum Gasteiger partial charge on any atom is 0.337 e. The maximum atomic E-state index is 11.7. The smallest absolute Gasteiger partial charge is 0.337 e. The van der Waals surface area contributed by atoms with Crippen LogP contribution in [0.1, 0.15) is 47.5 Å². The largest absolute Gasteiger partial charge is 0.478 e. The van der Waals surface area contributed by atoms with Gasteiger partial charge in [-0.1, -0.05) is 24.3 Å². The number of allylic oxidation sites excluding steroid dienone is 4. The number of nitrogens with zero attached hydrogens (tertiary/aromatic N) is 1. The predicted octanol–water partition coefficient (Wildman–Crippen LogP) is 4.10. The number of nitro benzene ring substituents is 1. The van der Waals surface area contributed by atoms with E-state index in [2.05, 4.69) is 23.5 Å². The monoisotopic (exact) mass is 340 g/mol. The van der Waals surface area contributed by atoms with Crippen LogP contribution in [0, 0.1) is 22.0 Å². The van der Waals surface area contributed by atoms with Gasteiger partial charge >= 0.3 is 5.97 Å². The van der Waals surface area contributed by atoms with Crippen LogP contribution in [0.4, 0.5) is 11.4 Å². The van der Waals surface area contributed by atoms with Crippen LogP contribution in [0.5, 0.6) is 0 Å². The molecule has 6 heteroatoms. The molecule has 1 aromatic carbocycles. The second-order valence-corrected chi connectivity index (χ2v) is 7.05. The van der Waals surface area contributed by atoms with E-state index in [0.29, 0.717) is 17.2 Å². The van der Waals surface area contributed by atoms with Crippen molar-refractivity contribution in [2.24, 2.45) is 11.8 Å². The molecule has 0 amide bonds. The highest BCUT2D eigenvalue weighted by Crippen LogP contribution is 2.51. The predicted molar refractivity (Wildman–Crippen MR) is 93.9 cm³/mol. The number of carboxylic acids is 1. The van der Waals surface area contributed by atoms with Gasteiger partial charge in [0.25, 0.3) is 5.69 Å². The van der Waals surface area contributed by atoms with Crippen molar-refractivity contribution in [3.63, 3.8) is 0 Å². The molecule has 4 atom stereocenters. The fourth-order valence-electron chi connectivity index (χ4n) is 4.68. The number of aromatic carboxylic acids is 1. The summed E-state index contributed by atoms with van der Waals surface area (Å²) in [5.41, 5.74) is 1.10. The third-order valence-corrected chi connectivity index (χ3v) is 5.79. The molecule has 6 nitrogen and oxygen atoms in total. The average molecular weight is 340 g/mol. The summed E-state index contributed by atoms with van der Waals surface area (Å²) in [6.07, 6.45) is 12.4. The summed E-state index contributed by atoms with van der Waals surface area (Å²) >= 11 is 0.